The van der Waals surface area contributed by atoms with Crippen molar-refractivity contribution in [3.63, 3.8) is 0 Å². The van der Waals surface area contributed by atoms with Crippen LogP contribution in [0.5, 0.6) is 0 Å². The van der Waals surface area contributed by atoms with E-state index in [0.29, 0.717) is 6.04 Å². The molecule has 2 heteroatoms. The van der Waals surface area contributed by atoms with Crippen molar-refractivity contribution < 1.29 is 5.11 Å². The van der Waals surface area contributed by atoms with E-state index in [1.165, 1.54) is 38.6 Å². The highest BCUT2D eigenvalue weighted by atomic mass is 16.3. The van der Waals surface area contributed by atoms with Crippen molar-refractivity contribution in [1.82, 2.24) is 4.90 Å². The lowest BCUT2D eigenvalue weighted by molar-refractivity contribution is -0.000242. The van der Waals surface area contributed by atoms with E-state index < -0.39 is 0 Å². The molecule has 0 spiro atoms. The van der Waals surface area contributed by atoms with Crippen molar-refractivity contribution in [2.24, 2.45) is 11.8 Å². The Labute approximate surface area is 106 Å². The van der Waals surface area contributed by atoms with Crippen LogP contribution < -0.4 is 0 Å². The molecule has 0 aromatic rings. The highest BCUT2D eigenvalue weighted by Gasteiger charge is 2.39. The van der Waals surface area contributed by atoms with Gasteiger partial charge >= 0.3 is 0 Å². The van der Waals surface area contributed by atoms with Crippen LogP contribution in [0.3, 0.4) is 0 Å². The van der Waals surface area contributed by atoms with Crippen molar-refractivity contribution in [1.29, 1.82) is 0 Å². The van der Waals surface area contributed by atoms with Crippen LogP contribution in [0.2, 0.25) is 0 Å². The van der Waals surface area contributed by atoms with Gasteiger partial charge < -0.3 is 5.11 Å². The Kier molecular flexibility index (Phi) is 4.48. The van der Waals surface area contributed by atoms with Crippen LogP contribution >= 0.6 is 0 Å². The highest BCUT2D eigenvalue weighted by Crippen LogP contribution is 2.35. The smallest absolute Gasteiger partial charge is 0.0695 e. The number of nitrogens with zero attached hydrogens (tertiary/aromatic N) is 1. The summed E-state index contributed by atoms with van der Waals surface area (Å²) in [5.74, 6) is 1.57. The van der Waals surface area contributed by atoms with E-state index in [9.17, 15) is 5.11 Å². The van der Waals surface area contributed by atoms with E-state index in [4.69, 9.17) is 0 Å². The molecular weight excluding hydrogens is 210 g/mol. The fraction of sp³-hybridized carbons (Fsp3) is 1.00. The monoisotopic (exact) mass is 239 g/mol. The van der Waals surface area contributed by atoms with Crippen LogP contribution in [0.4, 0.5) is 0 Å². The summed E-state index contributed by atoms with van der Waals surface area (Å²) in [6, 6.07) is 1.24. The molecule has 3 unspecified atom stereocenters. The lowest BCUT2D eigenvalue weighted by Crippen LogP contribution is -2.48. The van der Waals surface area contributed by atoms with Crippen LogP contribution in [0.1, 0.15) is 59.3 Å². The van der Waals surface area contributed by atoms with Gasteiger partial charge in [-0.05, 0) is 56.9 Å². The number of aliphatic hydroxyl groups is 1. The first kappa shape index (κ1) is 13.4. The van der Waals surface area contributed by atoms with Crippen LogP contribution in [0.15, 0.2) is 0 Å². The van der Waals surface area contributed by atoms with E-state index in [1.807, 2.05) is 0 Å². The van der Waals surface area contributed by atoms with Gasteiger partial charge in [0, 0.05) is 12.1 Å². The zero-order chi connectivity index (χ0) is 12.4. The molecule has 2 saturated carbocycles. The van der Waals surface area contributed by atoms with Crippen LogP contribution in [-0.2, 0) is 0 Å². The lowest BCUT2D eigenvalue weighted by atomic mass is 9.84. The second kappa shape index (κ2) is 5.71. The standard InChI is InChI=1S/C15H29NO/c1-11(2)8-9-16(13-5-6-13)14-10-12(3)4-7-15(14)17/h11-15,17H,4-10H2,1-3H3. The molecule has 0 aliphatic heterocycles. The Morgan fingerprint density at radius 2 is 1.88 bits per heavy atom. The summed E-state index contributed by atoms with van der Waals surface area (Å²) in [6.07, 6.45) is 7.34. The van der Waals surface area contributed by atoms with E-state index >= 15 is 0 Å². The minimum absolute atomic E-state index is 0.0704. The second-order valence-electron chi connectivity index (χ2n) is 6.70. The molecule has 0 saturated heterocycles. The molecule has 100 valence electrons. The highest BCUT2D eigenvalue weighted by molar-refractivity contribution is 4.94. The molecule has 0 amide bonds. The summed E-state index contributed by atoms with van der Waals surface area (Å²) >= 11 is 0. The van der Waals surface area contributed by atoms with Crippen LogP contribution in [0, 0.1) is 11.8 Å². The summed E-state index contributed by atoms with van der Waals surface area (Å²) in [4.78, 5) is 2.64. The largest absolute Gasteiger partial charge is 0.391 e. The lowest BCUT2D eigenvalue weighted by Gasteiger charge is -2.40. The molecular formula is C15H29NO. The molecule has 17 heavy (non-hydrogen) atoms. The molecule has 2 aliphatic carbocycles. The van der Waals surface area contributed by atoms with Crippen LogP contribution in [0.25, 0.3) is 0 Å². The first-order chi connectivity index (χ1) is 8.08. The zero-order valence-electron chi connectivity index (χ0n) is 11.7. The molecule has 0 bridgehead atoms. The van der Waals surface area contributed by atoms with Crippen LogP contribution in [-0.4, -0.2) is 34.7 Å². The zero-order valence-corrected chi connectivity index (χ0v) is 11.7. The SMILES string of the molecule is CC(C)CCN(C1CC1)C1CC(C)CCC1O. The molecule has 3 atom stereocenters. The molecule has 0 radical (unpaired) electrons. The average molecular weight is 239 g/mol. The van der Waals surface area contributed by atoms with Gasteiger partial charge in [-0.3, -0.25) is 4.90 Å². The summed E-state index contributed by atoms with van der Waals surface area (Å²) in [5, 5.41) is 10.3. The van der Waals surface area contributed by atoms with Gasteiger partial charge in [-0.25, -0.2) is 0 Å². The number of hydrogen-bond donors (Lipinski definition) is 1. The topological polar surface area (TPSA) is 23.5 Å². The summed E-state index contributed by atoms with van der Waals surface area (Å²) < 4.78 is 0. The third kappa shape index (κ3) is 3.69. The van der Waals surface area contributed by atoms with Crippen molar-refractivity contribution in [3.05, 3.63) is 0 Å². The van der Waals surface area contributed by atoms with Crippen molar-refractivity contribution in [3.8, 4) is 0 Å². The maximum Gasteiger partial charge on any atom is 0.0695 e. The predicted molar refractivity (Wildman–Crippen MR) is 72.0 cm³/mol. The van der Waals surface area contributed by atoms with E-state index in [1.54, 1.807) is 0 Å². The summed E-state index contributed by atoms with van der Waals surface area (Å²) in [7, 11) is 0. The normalized spacial score (nSPS) is 34.6. The van der Waals surface area contributed by atoms with Crippen molar-refractivity contribution in [2.45, 2.75) is 77.5 Å². The van der Waals surface area contributed by atoms with Gasteiger partial charge in [0.15, 0.2) is 0 Å². The quantitative estimate of drug-likeness (QED) is 0.797. The van der Waals surface area contributed by atoms with Gasteiger partial charge in [-0.15, -0.1) is 0 Å². The fourth-order valence-corrected chi connectivity index (χ4v) is 3.12. The van der Waals surface area contributed by atoms with Crippen molar-refractivity contribution >= 4 is 0 Å². The maximum atomic E-state index is 10.3. The van der Waals surface area contributed by atoms with E-state index in [0.717, 1.165) is 24.3 Å². The molecule has 1 N–H and O–H groups in total. The minimum atomic E-state index is -0.0704. The Hall–Kier alpha value is -0.0800. The van der Waals surface area contributed by atoms with Gasteiger partial charge in [0.05, 0.1) is 6.10 Å². The van der Waals surface area contributed by atoms with Gasteiger partial charge in [-0.2, -0.15) is 0 Å². The first-order valence-electron chi connectivity index (χ1n) is 7.51. The number of rotatable bonds is 5. The molecule has 2 rings (SSSR count). The molecule has 2 nitrogen and oxygen atoms in total. The predicted octanol–water partition coefficient (Wildman–Crippen LogP) is 3.05. The third-order valence-electron chi connectivity index (χ3n) is 4.45. The Morgan fingerprint density at radius 1 is 1.18 bits per heavy atom. The van der Waals surface area contributed by atoms with E-state index in [-0.39, 0.29) is 6.10 Å². The second-order valence-corrected chi connectivity index (χ2v) is 6.70. The summed E-state index contributed by atoms with van der Waals surface area (Å²) in [5.41, 5.74) is 0. The molecule has 0 aromatic carbocycles. The molecule has 2 aliphatic rings. The number of hydrogen-bond acceptors (Lipinski definition) is 2. The van der Waals surface area contributed by atoms with Gasteiger partial charge in [0.25, 0.3) is 0 Å². The molecule has 2 fully saturated rings. The van der Waals surface area contributed by atoms with Gasteiger partial charge in [-0.1, -0.05) is 20.8 Å². The fourth-order valence-electron chi connectivity index (χ4n) is 3.12. The van der Waals surface area contributed by atoms with Crippen molar-refractivity contribution in [2.75, 3.05) is 6.54 Å². The first-order valence-corrected chi connectivity index (χ1v) is 7.51. The molecule has 0 aromatic heterocycles. The van der Waals surface area contributed by atoms with E-state index in [2.05, 4.69) is 25.7 Å². The van der Waals surface area contributed by atoms with Gasteiger partial charge in [0.2, 0.25) is 0 Å². The third-order valence-corrected chi connectivity index (χ3v) is 4.45. The molecule has 0 heterocycles. The maximum absolute atomic E-state index is 10.3. The number of aliphatic hydroxyl groups excluding tert-OH is 1. The Balaban J connectivity index is 1.93. The summed E-state index contributed by atoms with van der Waals surface area (Å²) in [6.45, 7) is 8.12. The average Bonchev–Trinajstić information content (AvgIpc) is 3.07. The Bertz CT molecular complexity index is 237. The minimum Gasteiger partial charge on any atom is -0.391 e. The Morgan fingerprint density at radius 3 is 2.47 bits per heavy atom. The van der Waals surface area contributed by atoms with Gasteiger partial charge in [0.1, 0.15) is 0 Å².